The molecular weight excluding hydrogens is 250 g/mol. The number of hydrogen-bond donors (Lipinski definition) is 1. The highest BCUT2D eigenvalue weighted by atomic mass is 32.2. The third kappa shape index (κ3) is 2.57. The van der Waals surface area contributed by atoms with Crippen molar-refractivity contribution in [3.63, 3.8) is 0 Å². The van der Waals surface area contributed by atoms with Crippen molar-refractivity contribution in [2.45, 2.75) is 45.1 Å². The Morgan fingerprint density at radius 1 is 1.22 bits per heavy atom. The Balaban J connectivity index is 2.16. The molecule has 106 valence electrons. The van der Waals surface area contributed by atoms with Crippen LogP contribution in [0.4, 0.5) is 0 Å². The SMILES string of the molecule is CCN(C1CCCC1CN)S(=O)(=O)N1CCCC1. The Labute approximate surface area is 110 Å². The predicted octanol–water partition coefficient (Wildman–Crippen LogP) is 0.776. The van der Waals surface area contributed by atoms with Gasteiger partial charge in [-0.05, 0) is 38.1 Å². The van der Waals surface area contributed by atoms with Crippen molar-refractivity contribution in [1.82, 2.24) is 8.61 Å². The summed E-state index contributed by atoms with van der Waals surface area (Å²) in [6, 6.07) is 0.116. The smallest absolute Gasteiger partial charge is 0.282 e. The zero-order chi connectivity index (χ0) is 13.2. The van der Waals surface area contributed by atoms with E-state index in [0.717, 1.165) is 32.1 Å². The molecular formula is C12H25N3O2S. The molecule has 0 amide bonds. The fraction of sp³-hybridized carbons (Fsp3) is 1.00. The molecule has 0 radical (unpaired) electrons. The van der Waals surface area contributed by atoms with Gasteiger partial charge in [-0.15, -0.1) is 0 Å². The molecule has 6 heteroatoms. The van der Waals surface area contributed by atoms with Gasteiger partial charge in [-0.1, -0.05) is 13.3 Å². The second-order valence-electron chi connectivity index (χ2n) is 5.31. The first-order valence-electron chi connectivity index (χ1n) is 7.08. The summed E-state index contributed by atoms with van der Waals surface area (Å²) in [5.74, 6) is 0.335. The minimum atomic E-state index is -3.27. The Hall–Kier alpha value is -0.170. The van der Waals surface area contributed by atoms with Crippen molar-refractivity contribution in [2.24, 2.45) is 11.7 Å². The minimum Gasteiger partial charge on any atom is -0.330 e. The van der Waals surface area contributed by atoms with Gasteiger partial charge in [0.2, 0.25) is 0 Å². The molecule has 0 aromatic rings. The fourth-order valence-corrected chi connectivity index (χ4v) is 5.27. The van der Waals surface area contributed by atoms with Crippen LogP contribution in [-0.4, -0.2) is 49.2 Å². The number of rotatable bonds is 5. The molecule has 2 atom stereocenters. The maximum atomic E-state index is 12.6. The van der Waals surface area contributed by atoms with Gasteiger partial charge in [0.15, 0.2) is 0 Å². The normalized spacial score (nSPS) is 30.4. The molecule has 2 rings (SSSR count). The van der Waals surface area contributed by atoms with E-state index in [1.165, 1.54) is 0 Å². The van der Waals surface area contributed by atoms with Crippen molar-refractivity contribution in [3.05, 3.63) is 0 Å². The standard InChI is InChI=1S/C12H25N3O2S/c1-2-15(12-7-5-6-11(12)10-13)18(16,17)14-8-3-4-9-14/h11-12H,2-10,13H2,1H3. The van der Waals surface area contributed by atoms with Crippen molar-refractivity contribution >= 4 is 10.2 Å². The van der Waals surface area contributed by atoms with E-state index in [-0.39, 0.29) is 6.04 Å². The molecule has 2 N–H and O–H groups in total. The van der Waals surface area contributed by atoms with Crippen LogP contribution < -0.4 is 5.73 Å². The molecule has 0 aromatic carbocycles. The third-order valence-electron chi connectivity index (χ3n) is 4.29. The molecule has 1 aliphatic heterocycles. The first kappa shape index (κ1) is 14.2. The average Bonchev–Trinajstić information content (AvgIpc) is 3.00. The van der Waals surface area contributed by atoms with Gasteiger partial charge in [-0.3, -0.25) is 0 Å². The van der Waals surface area contributed by atoms with Gasteiger partial charge in [0.1, 0.15) is 0 Å². The van der Waals surface area contributed by atoms with E-state index < -0.39 is 10.2 Å². The van der Waals surface area contributed by atoms with Gasteiger partial charge in [0.25, 0.3) is 10.2 Å². The molecule has 0 aromatic heterocycles. The lowest BCUT2D eigenvalue weighted by atomic mass is 10.0. The summed E-state index contributed by atoms with van der Waals surface area (Å²) in [4.78, 5) is 0. The predicted molar refractivity (Wildman–Crippen MR) is 72.3 cm³/mol. The summed E-state index contributed by atoms with van der Waals surface area (Å²) in [5.41, 5.74) is 5.78. The number of nitrogens with zero attached hydrogens (tertiary/aromatic N) is 2. The molecule has 2 aliphatic rings. The van der Waals surface area contributed by atoms with Gasteiger partial charge in [-0.25, -0.2) is 0 Å². The van der Waals surface area contributed by atoms with Gasteiger partial charge in [0, 0.05) is 25.7 Å². The van der Waals surface area contributed by atoms with Crippen LogP contribution in [-0.2, 0) is 10.2 Å². The highest BCUT2D eigenvalue weighted by molar-refractivity contribution is 7.86. The largest absolute Gasteiger partial charge is 0.330 e. The average molecular weight is 275 g/mol. The maximum absolute atomic E-state index is 12.6. The van der Waals surface area contributed by atoms with Crippen LogP contribution in [0.3, 0.4) is 0 Å². The van der Waals surface area contributed by atoms with Crippen LogP contribution in [0.15, 0.2) is 0 Å². The monoisotopic (exact) mass is 275 g/mol. The zero-order valence-corrected chi connectivity index (χ0v) is 12.0. The molecule has 0 bridgehead atoms. The van der Waals surface area contributed by atoms with Crippen LogP contribution in [0, 0.1) is 5.92 Å². The van der Waals surface area contributed by atoms with E-state index in [1.807, 2.05) is 6.92 Å². The maximum Gasteiger partial charge on any atom is 0.282 e. The second kappa shape index (κ2) is 5.86. The lowest BCUT2D eigenvalue weighted by Crippen LogP contribution is -2.49. The van der Waals surface area contributed by atoms with E-state index >= 15 is 0 Å². The van der Waals surface area contributed by atoms with Crippen molar-refractivity contribution in [3.8, 4) is 0 Å². The van der Waals surface area contributed by atoms with Crippen LogP contribution in [0.1, 0.15) is 39.0 Å². The molecule has 18 heavy (non-hydrogen) atoms. The van der Waals surface area contributed by atoms with E-state index in [0.29, 0.717) is 32.1 Å². The van der Waals surface area contributed by atoms with Crippen LogP contribution in [0.5, 0.6) is 0 Å². The van der Waals surface area contributed by atoms with Crippen molar-refractivity contribution < 1.29 is 8.42 Å². The lowest BCUT2D eigenvalue weighted by Gasteiger charge is -2.33. The Kier molecular flexibility index (Phi) is 4.64. The summed E-state index contributed by atoms with van der Waals surface area (Å²) in [5, 5.41) is 0. The second-order valence-corrected chi connectivity index (χ2v) is 7.19. The summed E-state index contributed by atoms with van der Waals surface area (Å²) < 4.78 is 28.6. The van der Waals surface area contributed by atoms with E-state index in [1.54, 1.807) is 8.61 Å². The first-order chi connectivity index (χ1) is 8.61. The zero-order valence-electron chi connectivity index (χ0n) is 11.2. The number of hydrogen-bond acceptors (Lipinski definition) is 3. The van der Waals surface area contributed by atoms with Gasteiger partial charge in [0.05, 0.1) is 0 Å². The molecule has 2 unspecified atom stereocenters. The minimum absolute atomic E-state index is 0.116. The highest BCUT2D eigenvalue weighted by Crippen LogP contribution is 2.32. The summed E-state index contributed by atoms with van der Waals surface area (Å²) in [6.45, 7) is 4.44. The molecule has 1 heterocycles. The molecule has 5 nitrogen and oxygen atoms in total. The van der Waals surface area contributed by atoms with E-state index in [2.05, 4.69) is 0 Å². The van der Waals surface area contributed by atoms with Crippen molar-refractivity contribution in [1.29, 1.82) is 0 Å². The molecule has 1 saturated carbocycles. The summed E-state index contributed by atoms with van der Waals surface area (Å²) in [7, 11) is -3.27. The third-order valence-corrected chi connectivity index (χ3v) is 6.43. The van der Waals surface area contributed by atoms with Crippen LogP contribution >= 0.6 is 0 Å². The molecule has 0 spiro atoms. The van der Waals surface area contributed by atoms with Gasteiger partial charge < -0.3 is 5.73 Å². The molecule has 2 fully saturated rings. The van der Waals surface area contributed by atoms with Gasteiger partial charge >= 0.3 is 0 Å². The van der Waals surface area contributed by atoms with Crippen LogP contribution in [0.2, 0.25) is 0 Å². The summed E-state index contributed by atoms with van der Waals surface area (Å²) >= 11 is 0. The Bertz CT molecular complexity index is 366. The molecule has 1 saturated heterocycles. The number of nitrogens with two attached hydrogens (primary N) is 1. The van der Waals surface area contributed by atoms with Crippen molar-refractivity contribution in [2.75, 3.05) is 26.2 Å². The van der Waals surface area contributed by atoms with Crippen LogP contribution in [0.25, 0.3) is 0 Å². The Morgan fingerprint density at radius 3 is 2.44 bits per heavy atom. The highest BCUT2D eigenvalue weighted by Gasteiger charge is 2.40. The fourth-order valence-electron chi connectivity index (χ4n) is 3.31. The lowest BCUT2D eigenvalue weighted by molar-refractivity contribution is 0.257. The summed E-state index contributed by atoms with van der Waals surface area (Å²) in [6.07, 6.45) is 5.10. The Morgan fingerprint density at radius 2 is 1.89 bits per heavy atom. The first-order valence-corrected chi connectivity index (χ1v) is 8.48. The quantitative estimate of drug-likeness (QED) is 0.806. The molecule has 1 aliphatic carbocycles. The van der Waals surface area contributed by atoms with E-state index in [4.69, 9.17) is 5.73 Å². The van der Waals surface area contributed by atoms with Gasteiger partial charge in [-0.2, -0.15) is 17.0 Å². The topological polar surface area (TPSA) is 66.6 Å². The van der Waals surface area contributed by atoms with E-state index in [9.17, 15) is 8.42 Å².